The van der Waals surface area contributed by atoms with Crippen LogP contribution in [0.5, 0.6) is 0 Å². The molecule has 0 amide bonds. The highest BCUT2D eigenvalue weighted by Gasteiger charge is 2.28. The van der Waals surface area contributed by atoms with Crippen LogP contribution >= 0.6 is 0 Å². The third kappa shape index (κ3) is 2.01. The van der Waals surface area contributed by atoms with E-state index in [2.05, 4.69) is 29.8 Å². The molecule has 0 saturated carbocycles. The number of hydrogen-bond donors (Lipinski definition) is 0. The van der Waals surface area contributed by atoms with Crippen molar-refractivity contribution in [2.24, 2.45) is 11.8 Å². The average molecular weight is 215 g/mol. The molecule has 1 aliphatic heterocycles. The van der Waals surface area contributed by atoms with Crippen molar-refractivity contribution in [3.63, 3.8) is 0 Å². The van der Waals surface area contributed by atoms with Gasteiger partial charge in [-0.25, -0.2) is 4.98 Å². The van der Waals surface area contributed by atoms with Crippen molar-refractivity contribution in [3.8, 4) is 6.07 Å². The Morgan fingerprint density at radius 2 is 2.31 bits per heavy atom. The molecule has 3 heteroatoms. The van der Waals surface area contributed by atoms with Gasteiger partial charge in [0.1, 0.15) is 11.9 Å². The Bertz CT molecular complexity index is 391. The largest absolute Gasteiger partial charge is 0.356 e. The second-order valence-corrected chi connectivity index (χ2v) is 4.57. The lowest BCUT2D eigenvalue weighted by atomic mass is 9.96. The Labute approximate surface area is 96.7 Å². The van der Waals surface area contributed by atoms with Crippen LogP contribution in [0.1, 0.15) is 25.8 Å². The molecule has 1 saturated heterocycles. The van der Waals surface area contributed by atoms with Crippen LogP contribution in [0.15, 0.2) is 18.3 Å². The Morgan fingerprint density at radius 3 is 2.81 bits per heavy atom. The molecule has 2 unspecified atom stereocenters. The summed E-state index contributed by atoms with van der Waals surface area (Å²) in [5, 5.41) is 8.71. The van der Waals surface area contributed by atoms with Crippen molar-refractivity contribution < 1.29 is 0 Å². The third-order valence-corrected chi connectivity index (χ3v) is 3.49. The van der Waals surface area contributed by atoms with E-state index in [0.29, 0.717) is 5.56 Å². The molecule has 0 aliphatic carbocycles. The van der Waals surface area contributed by atoms with Gasteiger partial charge in [0.2, 0.25) is 0 Å². The lowest BCUT2D eigenvalue weighted by molar-refractivity contribution is 0.440. The van der Waals surface area contributed by atoms with Gasteiger partial charge in [-0.3, -0.25) is 0 Å². The number of anilines is 1. The highest BCUT2D eigenvalue weighted by molar-refractivity contribution is 5.43. The lowest BCUT2D eigenvalue weighted by Crippen LogP contribution is -2.20. The van der Waals surface area contributed by atoms with Gasteiger partial charge in [0.25, 0.3) is 0 Å². The standard InChI is InChI=1S/C13H17N3/c1-3-12-9-16(8-10(12)2)13-5-4-11(6-14)7-15-13/h4-5,7,10,12H,3,8-9H2,1-2H3. The van der Waals surface area contributed by atoms with Gasteiger partial charge in [0.05, 0.1) is 5.56 Å². The number of nitriles is 1. The van der Waals surface area contributed by atoms with Crippen LogP contribution < -0.4 is 4.90 Å². The normalized spacial score (nSPS) is 24.4. The van der Waals surface area contributed by atoms with Gasteiger partial charge in [-0.1, -0.05) is 20.3 Å². The molecule has 0 radical (unpaired) electrons. The van der Waals surface area contributed by atoms with E-state index in [0.717, 1.165) is 30.7 Å². The zero-order valence-electron chi connectivity index (χ0n) is 9.85. The highest BCUT2D eigenvalue weighted by atomic mass is 15.2. The third-order valence-electron chi connectivity index (χ3n) is 3.49. The molecule has 16 heavy (non-hydrogen) atoms. The van der Waals surface area contributed by atoms with Gasteiger partial charge in [-0.15, -0.1) is 0 Å². The number of pyridine rings is 1. The van der Waals surface area contributed by atoms with Crippen LogP contribution in [0.2, 0.25) is 0 Å². The quantitative estimate of drug-likeness (QED) is 0.760. The van der Waals surface area contributed by atoms with Crippen LogP contribution in [0.25, 0.3) is 0 Å². The molecule has 0 spiro atoms. The first-order valence-corrected chi connectivity index (χ1v) is 5.85. The first-order valence-electron chi connectivity index (χ1n) is 5.85. The zero-order valence-corrected chi connectivity index (χ0v) is 9.85. The topological polar surface area (TPSA) is 39.9 Å². The predicted molar refractivity (Wildman–Crippen MR) is 64.1 cm³/mol. The van der Waals surface area contributed by atoms with Gasteiger partial charge < -0.3 is 4.90 Å². The van der Waals surface area contributed by atoms with Crippen molar-refractivity contribution in [1.82, 2.24) is 4.98 Å². The van der Waals surface area contributed by atoms with E-state index in [1.165, 1.54) is 6.42 Å². The van der Waals surface area contributed by atoms with Gasteiger partial charge in [0, 0.05) is 19.3 Å². The summed E-state index contributed by atoms with van der Waals surface area (Å²) in [5.41, 5.74) is 0.628. The Hall–Kier alpha value is -1.56. The van der Waals surface area contributed by atoms with E-state index in [9.17, 15) is 0 Å². The van der Waals surface area contributed by atoms with Crippen LogP contribution in [0, 0.1) is 23.2 Å². The molecule has 1 aromatic heterocycles. The molecule has 1 aliphatic rings. The maximum atomic E-state index is 8.71. The molecule has 0 bridgehead atoms. The predicted octanol–water partition coefficient (Wildman–Crippen LogP) is 2.44. The van der Waals surface area contributed by atoms with Crippen LogP contribution in [-0.2, 0) is 0 Å². The van der Waals surface area contributed by atoms with E-state index in [-0.39, 0.29) is 0 Å². The minimum absolute atomic E-state index is 0.628. The Kier molecular flexibility index (Phi) is 3.09. The van der Waals surface area contributed by atoms with E-state index >= 15 is 0 Å². The second-order valence-electron chi connectivity index (χ2n) is 4.57. The van der Waals surface area contributed by atoms with Crippen molar-refractivity contribution >= 4 is 5.82 Å². The first-order chi connectivity index (χ1) is 7.74. The molecule has 3 nitrogen and oxygen atoms in total. The molecule has 2 atom stereocenters. The van der Waals surface area contributed by atoms with Crippen molar-refractivity contribution in [1.29, 1.82) is 5.26 Å². The number of nitrogens with zero attached hydrogens (tertiary/aromatic N) is 3. The summed E-state index contributed by atoms with van der Waals surface area (Å²) in [7, 11) is 0. The molecular formula is C13H17N3. The Balaban J connectivity index is 2.11. The van der Waals surface area contributed by atoms with Crippen molar-refractivity contribution in [2.45, 2.75) is 20.3 Å². The SMILES string of the molecule is CCC1CN(c2ccc(C#N)cn2)CC1C. The molecule has 0 aromatic carbocycles. The van der Waals surface area contributed by atoms with Gasteiger partial charge in [0.15, 0.2) is 0 Å². The molecule has 1 fully saturated rings. The molecule has 84 valence electrons. The zero-order chi connectivity index (χ0) is 11.5. The fourth-order valence-corrected chi connectivity index (χ4v) is 2.39. The summed E-state index contributed by atoms with van der Waals surface area (Å²) >= 11 is 0. The summed E-state index contributed by atoms with van der Waals surface area (Å²) in [6.07, 6.45) is 2.88. The molecule has 0 N–H and O–H groups in total. The maximum Gasteiger partial charge on any atom is 0.128 e. The maximum absolute atomic E-state index is 8.71. The molecular weight excluding hydrogens is 198 g/mol. The minimum atomic E-state index is 0.628. The summed E-state index contributed by atoms with van der Waals surface area (Å²) < 4.78 is 0. The number of aromatic nitrogens is 1. The van der Waals surface area contributed by atoms with E-state index in [4.69, 9.17) is 5.26 Å². The number of rotatable bonds is 2. The summed E-state index contributed by atoms with van der Waals surface area (Å²) in [6, 6.07) is 5.88. The molecule has 2 heterocycles. The lowest BCUT2D eigenvalue weighted by Gasteiger charge is -2.16. The van der Waals surface area contributed by atoms with Gasteiger partial charge in [-0.05, 0) is 24.0 Å². The second kappa shape index (κ2) is 4.52. The highest BCUT2D eigenvalue weighted by Crippen LogP contribution is 2.28. The van der Waals surface area contributed by atoms with Crippen molar-refractivity contribution in [3.05, 3.63) is 23.9 Å². The van der Waals surface area contributed by atoms with Crippen molar-refractivity contribution in [2.75, 3.05) is 18.0 Å². The van der Waals surface area contributed by atoms with E-state index in [1.807, 2.05) is 12.1 Å². The fourth-order valence-electron chi connectivity index (χ4n) is 2.39. The van der Waals surface area contributed by atoms with Gasteiger partial charge >= 0.3 is 0 Å². The van der Waals surface area contributed by atoms with Crippen LogP contribution in [0.3, 0.4) is 0 Å². The fraction of sp³-hybridized carbons (Fsp3) is 0.538. The van der Waals surface area contributed by atoms with Gasteiger partial charge in [-0.2, -0.15) is 5.26 Å². The van der Waals surface area contributed by atoms with Crippen LogP contribution in [-0.4, -0.2) is 18.1 Å². The number of hydrogen-bond acceptors (Lipinski definition) is 3. The molecule has 1 aromatic rings. The Morgan fingerprint density at radius 1 is 1.50 bits per heavy atom. The summed E-state index contributed by atoms with van der Waals surface area (Å²) in [4.78, 5) is 6.66. The average Bonchev–Trinajstić information content (AvgIpc) is 2.71. The minimum Gasteiger partial charge on any atom is -0.356 e. The summed E-state index contributed by atoms with van der Waals surface area (Å²) in [6.45, 7) is 6.72. The van der Waals surface area contributed by atoms with E-state index in [1.54, 1.807) is 6.20 Å². The van der Waals surface area contributed by atoms with Crippen LogP contribution in [0.4, 0.5) is 5.82 Å². The summed E-state index contributed by atoms with van der Waals surface area (Å²) in [5.74, 6) is 2.52. The monoisotopic (exact) mass is 215 g/mol. The molecule has 2 rings (SSSR count). The first kappa shape index (κ1) is 10.9. The van der Waals surface area contributed by atoms with E-state index < -0.39 is 0 Å². The smallest absolute Gasteiger partial charge is 0.128 e.